The van der Waals surface area contributed by atoms with Gasteiger partial charge in [-0.1, -0.05) is 15.9 Å². The van der Waals surface area contributed by atoms with Gasteiger partial charge in [0, 0.05) is 36.0 Å². The minimum Gasteiger partial charge on any atom is -0.338 e. The molecule has 0 aromatic heterocycles. The summed E-state index contributed by atoms with van der Waals surface area (Å²) in [6.45, 7) is 6.77. The first-order valence-corrected chi connectivity index (χ1v) is 8.99. The van der Waals surface area contributed by atoms with Crippen LogP contribution >= 0.6 is 15.9 Å². The Morgan fingerprint density at radius 2 is 1.96 bits per heavy atom. The molecule has 0 saturated carbocycles. The monoisotopic (exact) mass is 382 g/mol. The van der Waals surface area contributed by atoms with E-state index in [-0.39, 0.29) is 6.03 Å². The minimum absolute atomic E-state index is 0.0222. The lowest BCUT2D eigenvalue weighted by Crippen LogP contribution is -2.63. The second-order valence-corrected chi connectivity index (χ2v) is 6.84. The number of benzene rings is 1. The van der Waals surface area contributed by atoms with Crippen molar-refractivity contribution >= 4 is 33.9 Å². The first kappa shape index (κ1) is 17.9. The molecule has 0 spiro atoms. The van der Waals surface area contributed by atoms with Gasteiger partial charge in [0.05, 0.1) is 19.6 Å². The van der Waals surface area contributed by atoms with Crippen molar-refractivity contribution in [2.75, 3.05) is 39.3 Å². The number of quaternary nitrogens is 1. The molecule has 1 heterocycles. The molecule has 1 aliphatic rings. The highest BCUT2D eigenvalue weighted by Crippen LogP contribution is 2.28. The van der Waals surface area contributed by atoms with Crippen molar-refractivity contribution in [3.63, 3.8) is 0 Å². The molecular formula is C17H25BrN3O2+. The van der Waals surface area contributed by atoms with Crippen LogP contribution in [-0.4, -0.2) is 56.5 Å². The maximum atomic E-state index is 12.0. The van der Waals surface area contributed by atoms with Gasteiger partial charge in [-0.3, -0.25) is 4.48 Å². The maximum Gasteiger partial charge on any atom is 0.317 e. The Kier molecular flexibility index (Phi) is 6.59. The van der Waals surface area contributed by atoms with Crippen LogP contribution in [-0.2, 0) is 4.79 Å². The second kappa shape index (κ2) is 8.45. The Morgan fingerprint density at radius 3 is 2.52 bits per heavy atom. The first-order chi connectivity index (χ1) is 11.1. The van der Waals surface area contributed by atoms with E-state index in [0.29, 0.717) is 13.0 Å². The highest BCUT2D eigenvalue weighted by molar-refractivity contribution is 9.10. The van der Waals surface area contributed by atoms with Crippen LogP contribution in [0.2, 0.25) is 0 Å². The predicted molar refractivity (Wildman–Crippen MR) is 96.5 cm³/mol. The molecule has 1 aromatic carbocycles. The second-order valence-electron chi connectivity index (χ2n) is 5.92. The molecule has 1 N–H and O–H groups in total. The Labute approximate surface area is 146 Å². The number of nitrogens with one attached hydrogen (secondary N) is 1. The topological polar surface area (TPSA) is 49.4 Å². The molecular weight excluding hydrogens is 358 g/mol. The molecule has 0 unspecified atom stereocenters. The Hall–Kier alpha value is -1.40. The van der Waals surface area contributed by atoms with E-state index in [4.69, 9.17) is 0 Å². The van der Waals surface area contributed by atoms with Gasteiger partial charge >= 0.3 is 6.03 Å². The molecule has 0 bridgehead atoms. The lowest BCUT2D eigenvalue weighted by molar-refractivity contribution is -0.108. The molecule has 2 amide bonds. The molecule has 0 radical (unpaired) electrons. The molecule has 0 atom stereocenters. The summed E-state index contributed by atoms with van der Waals surface area (Å²) in [5.41, 5.74) is 1.26. The number of rotatable bonds is 6. The number of halogens is 1. The van der Waals surface area contributed by atoms with Crippen LogP contribution in [0.4, 0.5) is 10.5 Å². The Morgan fingerprint density at radius 1 is 1.30 bits per heavy atom. The van der Waals surface area contributed by atoms with Gasteiger partial charge in [0.25, 0.3) is 0 Å². The van der Waals surface area contributed by atoms with Gasteiger partial charge in [0.1, 0.15) is 25.1 Å². The lowest BCUT2D eigenvalue weighted by atomic mass is 10.1. The summed E-state index contributed by atoms with van der Waals surface area (Å²) in [6, 6.07) is 8.43. The van der Waals surface area contributed by atoms with Crippen LogP contribution in [0.15, 0.2) is 28.7 Å². The summed E-state index contributed by atoms with van der Waals surface area (Å²) in [6.07, 6.45) is 2.46. The van der Waals surface area contributed by atoms with Crippen molar-refractivity contribution in [2.45, 2.75) is 19.8 Å². The third kappa shape index (κ3) is 4.54. The number of nitrogens with zero attached hydrogens (tertiary/aromatic N) is 2. The summed E-state index contributed by atoms with van der Waals surface area (Å²) in [5, 5.41) is 2.87. The van der Waals surface area contributed by atoms with E-state index in [1.807, 2.05) is 11.8 Å². The molecule has 1 aromatic rings. The average Bonchev–Trinajstić information content (AvgIpc) is 2.56. The third-order valence-electron chi connectivity index (χ3n) is 4.49. The fourth-order valence-electron chi connectivity index (χ4n) is 3.16. The molecule has 5 nitrogen and oxygen atoms in total. The summed E-state index contributed by atoms with van der Waals surface area (Å²) in [5.74, 6) is 0. The van der Waals surface area contributed by atoms with Gasteiger partial charge in [0.15, 0.2) is 0 Å². The van der Waals surface area contributed by atoms with E-state index in [1.165, 1.54) is 5.69 Å². The smallest absolute Gasteiger partial charge is 0.317 e. The van der Waals surface area contributed by atoms with Gasteiger partial charge in [0.2, 0.25) is 0 Å². The number of hydrogen-bond donors (Lipinski definition) is 1. The molecule has 1 fully saturated rings. The van der Waals surface area contributed by atoms with Gasteiger partial charge in [-0.25, -0.2) is 4.79 Å². The number of amides is 2. The van der Waals surface area contributed by atoms with Crippen molar-refractivity contribution < 1.29 is 9.59 Å². The fourth-order valence-corrected chi connectivity index (χ4v) is 3.42. The third-order valence-corrected chi connectivity index (χ3v) is 5.02. The summed E-state index contributed by atoms with van der Waals surface area (Å²) < 4.78 is 1.91. The summed E-state index contributed by atoms with van der Waals surface area (Å²) in [7, 11) is 0. The maximum absolute atomic E-state index is 12.0. The predicted octanol–water partition coefficient (Wildman–Crippen LogP) is 2.78. The first-order valence-electron chi connectivity index (χ1n) is 8.20. The van der Waals surface area contributed by atoms with Crippen LogP contribution in [0.3, 0.4) is 0 Å². The standard InChI is InChI=1S/C17H24BrN3O2/c1-2-19-17(23)20-9-12-21(13-10-20,11-3-4-14-22)16-7-5-15(18)6-8-16/h5-8,14H,2-4,9-13H2,1H3/p+1. The SMILES string of the molecule is CCNC(=O)N1CC[N+](CCCC=O)(c2ccc(Br)cc2)CC1. The van der Waals surface area contributed by atoms with E-state index >= 15 is 0 Å². The number of aldehydes is 1. The number of unbranched alkanes of at least 4 members (excludes halogenated alkanes) is 1. The fraction of sp³-hybridized carbons (Fsp3) is 0.529. The molecule has 1 aliphatic heterocycles. The van der Waals surface area contributed by atoms with Crippen molar-refractivity contribution in [1.29, 1.82) is 0 Å². The molecule has 126 valence electrons. The lowest BCUT2D eigenvalue weighted by Gasteiger charge is -2.44. The summed E-state index contributed by atoms with van der Waals surface area (Å²) in [4.78, 5) is 24.6. The van der Waals surface area contributed by atoms with Gasteiger partial charge in [-0.15, -0.1) is 0 Å². The van der Waals surface area contributed by atoms with Crippen LogP contribution in [0, 0.1) is 0 Å². The average molecular weight is 383 g/mol. The Balaban J connectivity index is 2.12. The van der Waals surface area contributed by atoms with Crippen molar-refractivity contribution in [2.24, 2.45) is 0 Å². The highest BCUT2D eigenvalue weighted by atomic mass is 79.9. The molecule has 2 rings (SSSR count). The van der Waals surface area contributed by atoms with E-state index < -0.39 is 0 Å². The van der Waals surface area contributed by atoms with Crippen LogP contribution in [0.25, 0.3) is 0 Å². The number of piperazine rings is 1. The molecule has 0 aliphatic carbocycles. The highest BCUT2D eigenvalue weighted by Gasteiger charge is 2.36. The van der Waals surface area contributed by atoms with Crippen LogP contribution in [0.1, 0.15) is 19.8 Å². The quantitative estimate of drug-likeness (QED) is 0.467. The number of carbonyl (C=O) groups excluding carboxylic acids is 2. The van der Waals surface area contributed by atoms with Crippen molar-refractivity contribution in [3.05, 3.63) is 28.7 Å². The number of hydrogen-bond acceptors (Lipinski definition) is 2. The normalized spacial score (nSPS) is 16.9. The summed E-state index contributed by atoms with van der Waals surface area (Å²) >= 11 is 3.48. The number of carbonyl (C=O) groups is 2. The molecule has 1 saturated heterocycles. The largest absolute Gasteiger partial charge is 0.338 e. The van der Waals surface area contributed by atoms with Crippen LogP contribution < -0.4 is 9.80 Å². The van der Waals surface area contributed by atoms with E-state index in [2.05, 4.69) is 45.5 Å². The molecule has 23 heavy (non-hydrogen) atoms. The molecule has 6 heteroatoms. The Bertz CT molecular complexity index is 525. The van der Waals surface area contributed by atoms with Crippen molar-refractivity contribution in [1.82, 2.24) is 14.7 Å². The zero-order chi connectivity index (χ0) is 16.7. The van der Waals surface area contributed by atoms with Gasteiger partial charge < -0.3 is 15.0 Å². The van der Waals surface area contributed by atoms with E-state index in [1.54, 1.807) is 0 Å². The zero-order valence-electron chi connectivity index (χ0n) is 13.6. The number of urea groups is 1. The van der Waals surface area contributed by atoms with Gasteiger partial charge in [-0.2, -0.15) is 0 Å². The van der Waals surface area contributed by atoms with E-state index in [0.717, 1.165) is 54.4 Å². The zero-order valence-corrected chi connectivity index (χ0v) is 15.2. The van der Waals surface area contributed by atoms with Crippen LogP contribution in [0.5, 0.6) is 0 Å². The van der Waals surface area contributed by atoms with Crippen molar-refractivity contribution in [3.8, 4) is 0 Å². The van der Waals surface area contributed by atoms with Gasteiger partial charge in [-0.05, 0) is 19.1 Å². The minimum atomic E-state index is 0.0222. The van der Waals surface area contributed by atoms with E-state index in [9.17, 15) is 9.59 Å².